The minimum atomic E-state index is -0.324. The van der Waals surface area contributed by atoms with E-state index in [1.54, 1.807) is 0 Å². The zero-order valence-electron chi connectivity index (χ0n) is 13.3. The second kappa shape index (κ2) is 8.72. The molecule has 1 aliphatic carbocycles. The predicted octanol–water partition coefficient (Wildman–Crippen LogP) is 5.28. The monoisotopic (exact) mass is 304 g/mol. The highest BCUT2D eigenvalue weighted by Gasteiger charge is 2.26. The molecule has 0 heterocycles. The number of ether oxygens (including phenoxy) is 1. The molecule has 22 heavy (non-hydrogen) atoms. The maximum absolute atomic E-state index is 12.8. The van der Waals surface area contributed by atoms with E-state index in [2.05, 4.69) is 19.1 Å². The first-order chi connectivity index (χ1) is 10.7. The summed E-state index contributed by atoms with van der Waals surface area (Å²) in [7, 11) is 0. The lowest BCUT2D eigenvalue weighted by Gasteiger charge is -2.25. The largest absolute Gasteiger partial charge is 0.426 e. The minimum absolute atomic E-state index is 0.0228. The van der Waals surface area contributed by atoms with Crippen molar-refractivity contribution in [2.24, 2.45) is 11.8 Å². The molecule has 3 heteroatoms. The number of benzene rings is 1. The van der Waals surface area contributed by atoms with Gasteiger partial charge in [0.15, 0.2) is 0 Å². The highest BCUT2D eigenvalue weighted by Crippen LogP contribution is 2.31. The van der Waals surface area contributed by atoms with Crippen LogP contribution < -0.4 is 4.74 Å². The molecule has 0 atom stereocenters. The molecular weight excluding hydrogens is 279 g/mol. The summed E-state index contributed by atoms with van der Waals surface area (Å²) in [4.78, 5) is 12.1. The lowest BCUT2D eigenvalue weighted by Crippen LogP contribution is -2.25. The third-order valence-electron chi connectivity index (χ3n) is 4.27. The topological polar surface area (TPSA) is 26.3 Å². The summed E-state index contributed by atoms with van der Waals surface area (Å²) in [5.74, 6) is 0.500. The van der Waals surface area contributed by atoms with Gasteiger partial charge in [0.25, 0.3) is 0 Å². The molecule has 0 unspecified atom stereocenters. The third-order valence-corrected chi connectivity index (χ3v) is 4.27. The van der Waals surface area contributed by atoms with Crippen molar-refractivity contribution in [2.45, 2.75) is 51.9 Å². The van der Waals surface area contributed by atoms with E-state index in [0.717, 1.165) is 32.1 Å². The van der Waals surface area contributed by atoms with E-state index in [9.17, 15) is 9.18 Å². The molecule has 120 valence electrons. The number of halogens is 1. The van der Waals surface area contributed by atoms with Crippen LogP contribution in [0.4, 0.5) is 4.39 Å². The van der Waals surface area contributed by atoms with Gasteiger partial charge in [-0.2, -0.15) is 0 Å². The van der Waals surface area contributed by atoms with Crippen molar-refractivity contribution in [2.75, 3.05) is 0 Å². The summed E-state index contributed by atoms with van der Waals surface area (Å²) in [5, 5.41) is 0. The molecule has 0 aliphatic heterocycles. The van der Waals surface area contributed by atoms with Gasteiger partial charge in [0, 0.05) is 0 Å². The van der Waals surface area contributed by atoms with Crippen LogP contribution in [0.5, 0.6) is 5.75 Å². The van der Waals surface area contributed by atoms with E-state index in [1.165, 1.54) is 37.1 Å². The first kappa shape index (κ1) is 16.7. The standard InChI is InChI=1S/C19H25FO2/c1-2-3-4-5-6-15-7-9-16(10-8-15)19(21)22-18-13-11-17(20)12-14-18/h5-6,11-16H,2-4,7-10H2,1H3/b6-5+/t15-,16-. The number of esters is 1. The molecule has 0 radical (unpaired) electrons. The molecular formula is C19H25FO2. The highest BCUT2D eigenvalue weighted by atomic mass is 19.1. The van der Waals surface area contributed by atoms with Crippen LogP contribution in [0.25, 0.3) is 0 Å². The summed E-state index contributed by atoms with van der Waals surface area (Å²) < 4.78 is 18.2. The fraction of sp³-hybridized carbons (Fsp3) is 0.526. The van der Waals surface area contributed by atoms with Crippen LogP contribution in [0.2, 0.25) is 0 Å². The lowest BCUT2D eigenvalue weighted by atomic mass is 9.82. The normalized spacial score (nSPS) is 21.9. The average molecular weight is 304 g/mol. The number of hydrogen-bond donors (Lipinski definition) is 0. The Kier molecular flexibility index (Phi) is 6.63. The number of hydrogen-bond acceptors (Lipinski definition) is 2. The van der Waals surface area contributed by atoms with Crippen LogP contribution in [0, 0.1) is 17.7 Å². The third kappa shape index (κ3) is 5.28. The second-order valence-electron chi connectivity index (χ2n) is 6.06. The Morgan fingerprint density at radius 3 is 2.55 bits per heavy atom. The van der Waals surface area contributed by atoms with E-state index in [1.807, 2.05) is 0 Å². The van der Waals surface area contributed by atoms with Gasteiger partial charge in [0.05, 0.1) is 5.92 Å². The van der Waals surface area contributed by atoms with Gasteiger partial charge in [-0.05, 0) is 62.3 Å². The molecule has 0 amide bonds. The zero-order chi connectivity index (χ0) is 15.8. The minimum Gasteiger partial charge on any atom is -0.426 e. The van der Waals surface area contributed by atoms with Crippen LogP contribution in [-0.4, -0.2) is 5.97 Å². The Morgan fingerprint density at radius 2 is 1.91 bits per heavy atom. The summed E-state index contributed by atoms with van der Waals surface area (Å²) in [6.45, 7) is 2.20. The summed E-state index contributed by atoms with van der Waals surface area (Å²) in [5.41, 5.74) is 0. The maximum Gasteiger partial charge on any atom is 0.314 e. The van der Waals surface area contributed by atoms with Crippen LogP contribution in [0.15, 0.2) is 36.4 Å². The maximum atomic E-state index is 12.8. The second-order valence-corrected chi connectivity index (χ2v) is 6.06. The van der Waals surface area contributed by atoms with Crippen molar-refractivity contribution >= 4 is 5.97 Å². The van der Waals surface area contributed by atoms with E-state index < -0.39 is 0 Å². The summed E-state index contributed by atoms with van der Waals surface area (Å²) in [6, 6.07) is 5.60. The Labute approximate surface area is 132 Å². The first-order valence-corrected chi connectivity index (χ1v) is 8.33. The molecule has 1 aliphatic rings. The van der Waals surface area contributed by atoms with Gasteiger partial charge in [0.2, 0.25) is 0 Å². The fourth-order valence-corrected chi connectivity index (χ4v) is 2.86. The van der Waals surface area contributed by atoms with Gasteiger partial charge in [0.1, 0.15) is 11.6 Å². The SMILES string of the molecule is CCCC/C=C/[C@H]1CC[C@H](C(=O)Oc2ccc(F)cc2)CC1. The molecule has 1 aromatic rings. The molecule has 0 N–H and O–H groups in total. The predicted molar refractivity (Wildman–Crippen MR) is 86.1 cm³/mol. The first-order valence-electron chi connectivity index (χ1n) is 8.33. The van der Waals surface area contributed by atoms with E-state index in [-0.39, 0.29) is 17.7 Å². The van der Waals surface area contributed by atoms with Gasteiger partial charge < -0.3 is 4.74 Å². The summed E-state index contributed by atoms with van der Waals surface area (Å²) in [6.07, 6.45) is 12.1. The van der Waals surface area contributed by atoms with Gasteiger partial charge >= 0.3 is 5.97 Å². The van der Waals surface area contributed by atoms with Crippen LogP contribution in [-0.2, 0) is 4.79 Å². The molecule has 0 aromatic heterocycles. The lowest BCUT2D eigenvalue weighted by molar-refractivity contribution is -0.140. The smallest absolute Gasteiger partial charge is 0.314 e. The number of carbonyl (C=O) groups excluding carboxylic acids is 1. The van der Waals surface area contributed by atoms with Crippen LogP contribution >= 0.6 is 0 Å². The molecule has 2 nitrogen and oxygen atoms in total. The van der Waals surface area contributed by atoms with Crippen LogP contribution in [0.3, 0.4) is 0 Å². The molecule has 1 saturated carbocycles. The van der Waals surface area contributed by atoms with Crippen molar-refractivity contribution in [3.63, 3.8) is 0 Å². The van der Waals surface area contributed by atoms with Crippen molar-refractivity contribution in [3.05, 3.63) is 42.2 Å². The van der Waals surface area contributed by atoms with Gasteiger partial charge in [-0.1, -0.05) is 31.9 Å². The highest BCUT2D eigenvalue weighted by molar-refractivity contribution is 5.75. The Morgan fingerprint density at radius 1 is 1.23 bits per heavy atom. The van der Waals surface area contributed by atoms with Crippen molar-refractivity contribution in [1.29, 1.82) is 0 Å². The molecule has 1 aromatic carbocycles. The van der Waals surface area contributed by atoms with E-state index in [0.29, 0.717) is 11.7 Å². The quantitative estimate of drug-likeness (QED) is 0.309. The van der Waals surface area contributed by atoms with Gasteiger partial charge in [-0.25, -0.2) is 4.39 Å². The van der Waals surface area contributed by atoms with E-state index in [4.69, 9.17) is 4.74 Å². The van der Waals surface area contributed by atoms with Crippen molar-refractivity contribution in [3.8, 4) is 5.75 Å². The zero-order valence-corrected chi connectivity index (χ0v) is 13.3. The average Bonchev–Trinajstić information content (AvgIpc) is 2.54. The summed E-state index contributed by atoms with van der Waals surface area (Å²) >= 11 is 0. The van der Waals surface area contributed by atoms with Gasteiger partial charge in [-0.15, -0.1) is 0 Å². The van der Waals surface area contributed by atoms with E-state index >= 15 is 0 Å². The number of allylic oxidation sites excluding steroid dienone is 2. The Bertz CT molecular complexity index is 485. The molecule has 1 fully saturated rings. The molecule has 0 saturated heterocycles. The number of carbonyl (C=O) groups is 1. The van der Waals surface area contributed by atoms with Crippen LogP contribution in [0.1, 0.15) is 51.9 Å². The van der Waals surface area contributed by atoms with Crippen molar-refractivity contribution in [1.82, 2.24) is 0 Å². The molecule has 2 rings (SSSR count). The Hall–Kier alpha value is -1.64. The number of rotatable bonds is 6. The Balaban J connectivity index is 1.75. The fourth-order valence-electron chi connectivity index (χ4n) is 2.86. The molecule has 0 bridgehead atoms. The van der Waals surface area contributed by atoms with Gasteiger partial charge in [-0.3, -0.25) is 4.79 Å². The van der Waals surface area contributed by atoms with Crippen molar-refractivity contribution < 1.29 is 13.9 Å². The number of unbranched alkanes of at least 4 members (excludes halogenated alkanes) is 2. The molecule has 0 spiro atoms.